The summed E-state index contributed by atoms with van der Waals surface area (Å²) < 4.78 is 5.63. The molecule has 21 heavy (non-hydrogen) atoms. The van der Waals surface area contributed by atoms with E-state index in [2.05, 4.69) is 5.32 Å². The van der Waals surface area contributed by atoms with Crippen molar-refractivity contribution in [2.75, 3.05) is 0 Å². The average Bonchev–Trinajstić information content (AvgIpc) is 2.92. The van der Waals surface area contributed by atoms with Crippen LogP contribution in [-0.4, -0.2) is 28.6 Å². The molecule has 3 rings (SSSR count). The van der Waals surface area contributed by atoms with Crippen LogP contribution in [0.3, 0.4) is 0 Å². The van der Waals surface area contributed by atoms with Gasteiger partial charge in [-0.2, -0.15) is 0 Å². The van der Waals surface area contributed by atoms with E-state index in [9.17, 15) is 14.7 Å². The van der Waals surface area contributed by atoms with Crippen molar-refractivity contribution in [2.24, 2.45) is 0 Å². The molecule has 0 bridgehead atoms. The lowest BCUT2D eigenvalue weighted by Crippen LogP contribution is -2.58. The maximum absolute atomic E-state index is 12.4. The Hall–Kier alpha value is -2.04. The maximum atomic E-state index is 12.4. The minimum atomic E-state index is -1.12. The Bertz CT molecular complexity index is 538. The topological polar surface area (TPSA) is 75.6 Å². The number of para-hydroxylation sites is 1. The smallest absolute Gasteiger partial charge is 0.329 e. The number of amides is 1. The molecule has 1 fully saturated rings. The highest BCUT2D eigenvalue weighted by molar-refractivity contribution is 5.90. The molecule has 1 aliphatic carbocycles. The zero-order chi connectivity index (χ0) is 14.9. The first-order chi connectivity index (χ1) is 10.1. The molecule has 1 atom stereocenters. The Morgan fingerprint density at radius 3 is 2.57 bits per heavy atom. The molecule has 0 radical (unpaired) electrons. The Labute approximate surface area is 123 Å². The Morgan fingerprint density at radius 1 is 1.19 bits per heavy atom. The molecule has 1 amide bonds. The van der Waals surface area contributed by atoms with E-state index in [0.717, 1.165) is 24.8 Å². The molecule has 1 saturated carbocycles. The van der Waals surface area contributed by atoms with Crippen LogP contribution in [0.5, 0.6) is 5.75 Å². The summed E-state index contributed by atoms with van der Waals surface area (Å²) in [5.41, 5.74) is -0.126. The van der Waals surface area contributed by atoms with Crippen LogP contribution in [0, 0.1) is 0 Å². The number of carboxylic acids is 1. The van der Waals surface area contributed by atoms with E-state index < -0.39 is 17.6 Å². The van der Waals surface area contributed by atoms with E-state index in [4.69, 9.17) is 4.74 Å². The second-order valence-electron chi connectivity index (χ2n) is 5.86. The number of fused-ring (bicyclic) bond motifs is 1. The predicted molar refractivity (Wildman–Crippen MR) is 76.2 cm³/mol. The molecule has 1 aliphatic heterocycles. The number of hydrogen-bond acceptors (Lipinski definition) is 3. The fraction of sp³-hybridized carbons (Fsp3) is 0.500. The number of rotatable bonds is 3. The first-order valence-electron chi connectivity index (χ1n) is 7.41. The van der Waals surface area contributed by atoms with Crippen LogP contribution >= 0.6 is 0 Å². The summed E-state index contributed by atoms with van der Waals surface area (Å²) in [6.07, 6.45) is 3.55. The first kappa shape index (κ1) is 13.9. The maximum Gasteiger partial charge on any atom is 0.329 e. The van der Waals surface area contributed by atoms with Crippen LogP contribution in [0.4, 0.5) is 0 Å². The molecule has 0 unspecified atom stereocenters. The van der Waals surface area contributed by atoms with Gasteiger partial charge in [0.25, 0.3) is 5.91 Å². The quantitative estimate of drug-likeness (QED) is 0.891. The zero-order valence-corrected chi connectivity index (χ0v) is 11.8. The summed E-state index contributed by atoms with van der Waals surface area (Å²) >= 11 is 0. The highest BCUT2D eigenvalue weighted by Gasteiger charge is 2.43. The summed E-state index contributed by atoms with van der Waals surface area (Å²) in [4.78, 5) is 24.0. The van der Waals surface area contributed by atoms with Gasteiger partial charge in [0.05, 0.1) is 0 Å². The van der Waals surface area contributed by atoms with Gasteiger partial charge in [-0.1, -0.05) is 37.5 Å². The number of aliphatic carboxylic acids is 1. The lowest BCUT2D eigenvalue weighted by Gasteiger charge is -2.34. The first-order valence-corrected chi connectivity index (χ1v) is 7.41. The molecule has 2 N–H and O–H groups in total. The molecule has 0 spiro atoms. The van der Waals surface area contributed by atoms with Crippen molar-refractivity contribution in [3.63, 3.8) is 0 Å². The number of carboxylic acid groups (broad SMARTS) is 1. The number of carbonyl (C=O) groups excluding carboxylic acids is 1. The van der Waals surface area contributed by atoms with Crippen LogP contribution in [0.1, 0.15) is 37.7 Å². The average molecular weight is 289 g/mol. The second-order valence-corrected chi connectivity index (χ2v) is 5.86. The number of hydrogen-bond donors (Lipinski definition) is 2. The third kappa shape index (κ3) is 2.60. The van der Waals surface area contributed by atoms with E-state index in [1.54, 1.807) is 0 Å². The van der Waals surface area contributed by atoms with E-state index in [0.29, 0.717) is 25.0 Å². The fourth-order valence-corrected chi connectivity index (χ4v) is 3.19. The Balaban J connectivity index is 1.70. The van der Waals surface area contributed by atoms with Crippen molar-refractivity contribution in [3.05, 3.63) is 29.8 Å². The van der Waals surface area contributed by atoms with E-state index >= 15 is 0 Å². The van der Waals surface area contributed by atoms with Crippen molar-refractivity contribution >= 4 is 11.9 Å². The molecule has 1 heterocycles. The highest BCUT2D eigenvalue weighted by Crippen LogP contribution is 2.31. The summed E-state index contributed by atoms with van der Waals surface area (Å²) in [6, 6.07) is 7.52. The molecular formula is C16H19NO4. The van der Waals surface area contributed by atoms with Crippen LogP contribution in [0.25, 0.3) is 0 Å². The molecule has 0 aromatic heterocycles. The van der Waals surface area contributed by atoms with Crippen molar-refractivity contribution in [3.8, 4) is 5.75 Å². The van der Waals surface area contributed by atoms with Gasteiger partial charge >= 0.3 is 5.97 Å². The van der Waals surface area contributed by atoms with E-state index in [-0.39, 0.29) is 5.91 Å². The summed E-state index contributed by atoms with van der Waals surface area (Å²) in [5.74, 6) is -0.549. The molecule has 1 aromatic carbocycles. The van der Waals surface area contributed by atoms with Gasteiger partial charge in [-0.15, -0.1) is 0 Å². The fourth-order valence-electron chi connectivity index (χ4n) is 3.19. The minimum Gasteiger partial charge on any atom is -0.480 e. The molecule has 1 aromatic rings. The van der Waals surface area contributed by atoms with Crippen molar-refractivity contribution in [1.29, 1.82) is 0 Å². The Kier molecular flexibility index (Phi) is 3.57. The van der Waals surface area contributed by atoms with Crippen LogP contribution < -0.4 is 10.1 Å². The standard InChI is InChI=1S/C16H19NO4/c18-14(13-10-11-6-2-3-7-12(11)21-13)17-16(15(19)20)8-4-1-5-9-16/h2-3,6-7,13H,1,4-5,8-10H2,(H,17,18)(H,19,20)/t13-/m0/s1. The van der Waals surface area contributed by atoms with Gasteiger partial charge in [-0.3, -0.25) is 4.79 Å². The van der Waals surface area contributed by atoms with Gasteiger partial charge in [-0.05, 0) is 24.5 Å². The van der Waals surface area contributed by atoms with Crippen LogP contribution in [-0.2, 0) is 16.0 Å². The monoisotopic (exact) mass is 289 g/mol. The SMILES string of the molecule is O=C(NC1(C(=O)O)CCCCC1)[C@@H]1Cc2ccccc2O1. The molecule has 5 heteroatoms. The normalized spacial score (nSPS) is 23.0. The van der Waals surface area contributed by atoms with E-state index in [1.165, 1.54) is 0 Å². The van der Waals surface area contributed by atoms with Crippen molar-refractivity contribution in [2.45, 2.75) is 50.2 Å². The van der Waals surface area contributed by atoms with Crippen LogP contribution in [0.2, 0.25) is 0 Å². The predicted octanol–water partition coefficient (Wildman–Crippen LogP) is 1.89. The molecule has 5 nitrogen and oxygen atoms in total. The molecular weight excluding hydrogens is 270 g/mol. The van der Waals surface area contributed by atoms with Crippen LogP contribution in [0.15, 0.2) is 24.3 Å². The van der Waals surface area contributed by atoms with E-state index in [1.807, 2.05) is 24.3 Å². The molecule has 2 aliphatic rings. The van der Waals surface area contributed by atoms with Crippen molar-refractivity contribution < 1.29 is 19.4 Å². The number of carbonyl (C=O) groups is 2. The van der Waals surface area contributed by atoms with Gasteiger partial charge in [0.15, 0.2) is 6.10 Å². The van der Waals surface area contributed by atoms with Gasteiger partial charge in [-0.25, -0.2) is 4.79 Å². The third-order valence-corrected chi connectivity index (χ3v) is 4.42. The summed E-state index contributed by atoms with van der Waals surface area (Å²) in [7, 11) is 0. The number of nitrogens with one attached hydrogen (secondary N) is 1. The lowest BCUT2D eigenvalue weighted by atomic mass is 9.81. The number of benzene rings is 1. The van der Waals surface area contributed by atoms with Gasteiger partial charge in [0, 0.05) is 6.42 Å². The lowest BCUT2D eigenvalue weighted by molar-refractivity contribution is -0.150. The Morgan fingerprint density at radius 2 is 1.90 bits per heavy atom. The van der Waals surface area contributed by atoms with Crippen molar-refractivity contribution in [1.82, 2.24) is 5.32 Å². The second kappa shape index (κ2) is 5.39. The highest BCUT2D eigenvalue weighted by atomic mass is 16.5. The molecule has 112 valence electrons. The summed E-state index contributed by atoms with van der Waals surface area (Å²) in [6.45, 7) is 0. The third-order valence-electron chi connectivity index (χ3n) is 4.42. The van der Waals surface area contributed by atoms with Gasteiger partial charge < -0.3 is 15.2 Å². The minimum absolute atomic E-state index is 0.324. The van der Waals surface area contributed by atoms with Gasteiger partial charge in [0.2, 0.25) is 0 Å². The number of ether oxygens (including phenoxy) is 1. The largest absolute Gasteiger partial charge is 0.480 e. The molecule has 0 saturated heterocycles. The summed E-state index contributed by atoms with van der Waals surface area (Å²) in [5, 5.41) is 12.2. The van der Waals surface area contributed by atoms with Gasteiger partial charge in [0.1, 0.15) is 11.3 Å². The zero-order valence-electron chi connectivity index (χ0n) is 11.8.